The predicted molar refractivity (Wildman–Crippen MR) is 108 cm³/mol. The SMILES string of the molecule is O=c1c(S(=O)(=O)c2ccccc2)c[n+]2c(n1-c1ccccc1)SCC2CBr. The third-order valence-corrected chi connectivity index (χ3v) is 8.12. The molecule has 1 unspecified atom stereocenters. The Morgan fingerprint density at radius 3 is 2.33 bits per heavy atom. The average molecular weight is 464 g/mol. The molecule has 0 saturated carbocycles. The Balaban J connectivity index is 2.04. The van der Waals surface area contributed by atoms with Crippen molar-refractivity contribution in [3.8, 4) is 5.69 Å². The summed E-state index contributed by atoms with van der Waals surface area (Å²) in [5.74, 6) is 0.770. The van der Waals surface area contributed by atoms with Crippen LogP contribution in [0, 0.1) is 0 Å². The molecule has 0 saturated heterocycles. The Labute approximate surface area is 169 Å². The fraction of sp³-hybridized carbons (Fsp3) is 0.158. The zero-order valence-electron chi connectivity index (χ0n) is 14.2. The van der Waals surface area contributed by atoms with Crippen LogP contribution in [0.5, 0.6) is 0 Å². The van der Waals surface area contributed by atoms with E-state index in [2.05, 4.69) is 15.9 Å². The van der Waals surface area contributed by atoms with Gasteiger partial charge in [-0.3, -0.25) is 0 Å². The molecule has 0 fully saturated rings. The van der Waals surface area contributed by atoms with Gasteiger partial charge in [0, 0.05) is 11.1 Å². The first-order chi connectivity index (χ1) is 13.0. The van der Waals surface area contributed by atoms with E-state index in [-0.39, 0.29) is 15.8 Å². The van der Waals surface area contributed by atoms with Crippen LogP contribution in [0.3, 0.4) is 0 Å². The minimum atomic E-state index is -3.93. The van der Waals surface area contributed by atoms with Crippen LogP contribution in [0.25, 0.3) is 5.69 Å². The second-order valence-electron chi connectivity index (χ2n) is 6.09. The van der Waals surface area contributed by atoms with Gasteiger partial charge in [-0.15, -0.1) is 0 Å². The molecule has 5 nitrogen and oxygen atoms in total. The number of para-hydroxylation sites is 1. The Morgan fingerprint density at radius 2 is 1.70 bits per heavy atom. The van der Waals surface area contributed by atoms with E-state index in [1.807, 2.05) is 34.9 Å². The predicted octanol–water partition coefficient (Wildman–Crippen LogP) is 3.00. The van der Waals surface area contributed by atoms with Crippen molar-refractivity contribution in [3.05, 3.63) is 77.2 Å². The van der Waals surface area contributed by atoms with Gasteiger partial charge in [0.25, 0.3) is 0 Å². The fourth-order valence-electron chi connectivity index (χ4n) is 3.04. The molecule has 0 spiro atoms. The van der Waals surface area contributed by atoms with E-state index in [4.69, 9.17) is 0 Å². The smallest absolute Gasteiger partial charge is 0.239 e. The topological polar surface area (TPSA) is 60.0 Å². The van der Waals surface area contributed by atoms with Crippen LogP contribution in [0.1, 0.15) is 6.04 Å². The van der Waals surface area contributed by atoms with Crippen molar-refractivity contribution in [1.82, 2.24) is 4.57 Å². The van der Waals surface area contributed by atoms with Gasteiger partial charge in [-0.1, -0.05) is 52.3 Å². The lowest BCUT2D eigenvalue weighted by Gasteiger charge is -2.10. The number of nitrogens with zero attached hydrogens (tertiary/aromatic N) is 2. The van der Waals surface area contributed by atoms with Crippen molar-refractivity contribution in [2.75, 3.05) is 11.1 Å². The zero-order chi connectivity index (χ0) is 19.0. The van der Waals surface area contributed by atoms with E-state index in [0.29, 0.717) is 11.0 Å². The molecule has 138 valence electrons. The third kappa shape index (κ3) is 3.15. The third-order valence-electron chi connectivity index (χ3n) is 4.42. The molecule has 0 radical (unpaired) electrons. The van der Waals surface area contributed by atoms with Crippen LogP contribution in [-0.2, 0) is 9.84 Å². The molecular weight excluding hydrogens is 448 g/mol. The maximum atomic E-state index is 13.3. The summed E-state index contributed by atoms with van der Waals surface area (Å²) in [5, 5.41) is 1.41. The Morgan fingerprint density at radius 1 is 1.07 bits per heavy atom. The van der Waals surface area contributed by atoms with Gasteiger partial charge in [0.2, 0.25) is 14.7 Å². The van der Waals surface area contributed by atoms with Crippen LogP contribution in [-0.4, -0.2) is 24.1 Å². The molecule has 0 amide bonds. The summed E-state index contributed by atoms with van der Waals surface area (Å²) in [4.78, 5) is 13.2. The number of alkyl halides is 1. The van der Waals surface area contributed by atoms with Crippen LogP contribution in [0.4, 0.5) is 0 Å². The van der Waals surface area contributed by atoms with Gasteiger partial charge in [-0.25, -0.2) is 17.8 Å². The van der Waals surface area contributed by atoms with E-state index < -0.39 is 15.4 Å². The van der Waals surface area contributed by atoms with Gasteiger partial charge in [0.05, 0.1) is 4.90 Å². The first-order valence-electron chi connectivity index (χ1n) is 8.29. The molecule has 8 heteroatoms. The summed E-state index contributed by atoms with van der Waals surface area (Å²) in [6.45, 7) is 0. The molecule has 0 N–H and O–H groups in total. The molecular formula is C19H16BrN2O3S2+. The molecule has 3 aromatic rings. The Bertz CT molecular complexity index is 1150. The summed E-state index contributed by atoms with van der Waals surface area (Å²) in [5.41, 5.74) is 0.123. The summed E-state index contributed by atoms with van der Waals surface area (Å²) in [6, 6.07) is 17.3. The number of hydrogen-bond donors (Lipinski definition) is 0. The van der Waals surface area contributed by atoms with Crippen LogP contribution in [0.15, 0.2) is 86.6 Å². The lowest BCUT2D eigenvalue weighted by Crippen LogP contribution is -2.46. The number of sulfone groups is 1. The first-order valence-corrected chi connectivity index (χ1v) is 11.9. The zero-order valence-corrected chi connectivity index (χ0v) is 17.4. The molecule has 4 rings (SSSR count). The number of hydrogen-bond acceptors (Lipinski definition) is 4. The second kappa shape index (κ2) is 7.26. The molecule has 1 aromatic heterocycles. The highest BCUT2D eigenvalue weighted by molar-refractivity contribution is 9.09. The average Bonchev–Trinajstić information content (AvgIpc) is 3.11. The quantitative estimate of drug-likeness (QED) is 0.339. The van der Waals surface area contributed by atoms with Crippen LogP contribution in [0.2, 0.25) is 0 Å². The van der Waals surface area contributed by atoms with E-state index in [0.717, 1.165) is 10.9 Å². The maximum Gasteiger partial charge on any atom is 0.362 e. The normalized spacial score (nSPS) is 16.3. The largest absolute Gasteiger partial charge is 0.362 e. The summed E-state index contributed by atoms with van der Waals surface area (Å²) in [7, 11) is -3.93. The van der Waals surface area contributed by atoms with E-state index in [9.17, 15) is 13.2 Å². The highest BCUT2D eigenvalue weighted by Gasteiger charge is 2.38. The van der Waals surface area contributed by atoms with Crippen LogP contribution < -0.4 is 10.1 Å². The highest BCUT2D eigenvalue weighted by Crippen LogP contribution is 2.29. The number of rotatable bonds is 4. The Kier molecular flexibility index (Phi) is 4.96. The molecule has 1 atom stereocenters. The molecule has 2 heterocycles. The van der Waals surface area contributed by atoms with Crippen molar-refractivity contribution in [2.45, 2.75) is 21.0 Å². The second-order valence-corrected chi connectivity index (χ2v) is 9.65. The monoisotopic (exact) mass is 463 g/mol. The summed E-state index contributed by atoms with van der Waals surface area (Å²) < 4.78 is 29.8. The van der Waals surface area contributed by atoms with Crippen molar-refractivity contribution >= 4 is 37.5 Å². The van der Waals surface area contributed by atoms with E-state index in [1.165, 1.54) is 22.9 Å². The minimum absolute atomic E-state index is 0.0743. The van der Waals surface area contributed by atoms with Gasteiger partial charge < -0.3 is 0 Å². The van der Waals surface area contributed by atoms with Crippen molar-refractivity contribution in [3.63, 3.8) is 0 Å². The molecule has 0 bridgehead atoms. The lowest BCUT2D eigenvalue weighted by atomic mass is 10.3. The summed E-state index contributed by atoms with van der Waals surface area (Å²) in [6.07, 6.45) is 1.49. The van der Waals surface area contributed by atoms with Crippen LogP contribution >= 0.6 is 27.7 Å². The lowest BCUT2D eigenvalue weighted by molar-refractivity contribution is -0.750. The summed E-state index contributed by atoms with van der Waals surface area (Å²) >= 11 is 5.05. The molecule has 27 heavy (non-hydrogen) atoms. The number of halogens is 1. The number of benzene rings is 2. The number of fused-ring (bicyclic) bond motifs is 1. The van der Waals surface area contributed by atoms with Gasteiger partial charge >= 0.3 is 10.7 Å². The van der Waals surface area contributed by atoms with Crippen molar-refractivity contribution in [1.29, 1.82) is 0 Å². The molecule has 1 aliphatic rings. The van der Waals surface area contributed by atoms with Gasteiger partial charge in [-0.2, -0.15) is 4.57 Å². The maximum absolute atomic E-state index is 13.3. The molecule has 0 aliphatic carbocycles. The Hall–Kier alpha value is -1.90. The number of thioether (sulfide) groups is 1. The molecule has 1 aliphatic heterocycles. The van der Waals surface area contributed by atoms with Crippen molar-refractivity contribution in [2.24, 2.45) is 0 Å². The standard InChI is InChI=1S/C19H16BrN2O3S2/c20-11-15-13-26-19-21(15)12-17(27(24,25)16-9-5-2-6-10-16)18(23)22(19)14-7-3-1-4-8-14/h1-10,12,15H,11,13H2/q+1. The first kappa shape index (κ1) is 18.5. The van der Waals surface area contributed by atoms with Gasteiger partial charge in [-0.05, 0) is 36.0 Å². The van der Waals surface area contributed by atoms with E-state index >= 15 is 0 Å². The van der Waals surface area contributed by atoms with Crippen molar-refractivity contribution < 1.29 is 13.0 Å². The van der Waals surface area contributed by atoms with Gasteiger partial charge in [0.15, 0.2) is 0 Å². The highest BCUT2D eigenvalue weighted by atomic mass is 79.9. The van der Waals surface area contributed by atoms with Gasteiger partial charge in [0.1, 0.15) is 17.9 Å². The minimum Gasteiger partial charge on any atom is -0.239 e. The van der Waals surface area contributed by atoms with E-state index in [1.54, 1.807) is 30.0 Å². The molecule has 2 aromatic carbocycles. The number of aromatic nitrogens is 2. The fourth-order valence-corrected chi connectivity index (χ4v) is 6.51.